The lowest BCUT2D eigenvalue weighted by Crippen LogP contribution is -2.20. The summed E-state index contributed by atoms with van der Waals surface area (Å²) < 4.78 is 15.7. The number of aromatic nitrogens is 3. The van der Waals surface area contributed by atoms with Crippen molar-refractivity contribution < 1.29 is 9.18 Å². The minimum Gasteiger partial charge on any atom is -0.272 e. The highest BCUT2D eigenvalue weighted by atomic mass is 35.5. The van der Waals surface area contributed by atoms with Crippen LogP contribution in [-0.2, 0) is 4.79 Å². The summed E-state index contributed by atoms with van der Waals surface area (Å²) in [6, 6.07) is 23.7. The second-order valence-corrected chi connectivity index (χ2v) is 7.91. The van der Waals surface area contributed by atoms with Crippen LogP contribution in [0.25, 0.3) is 17.1 Å². The first-order valence-corrected chi connectivity index (χ1v) is 10.9. The Labute approximate surface area is 193 Å². The molecule has 0 spiro atoms. The summed E-state index contributed by atoms with van der Waals surface area (Å²) in [5.74, 6) is -0.175. The van der Waals surface area contributed by atoms with Gasteiger partial charge in [0.25, 0.3) is 5.91 Å². The largest absolute Gasteiger partial charge is 0.272 e. The fraction of sp³-hybridized carbons (Fsp3) is 0.0435. The summed E-state index contributed by atoms with van der Waals surface area (Å²) in [6.45, 7) is 0. The Hall–Kier alpha value is -3.49. The Morgan fingerprint density at radius 2 is 1.75 bits per heavy atom. The fourth-order valence-electron chi connectivity index (χ4n) is 2.91. The molecule has 9 heteroatoms. The van der Waals surface area contributed by atoms with Crippen LogP contribution in [-0.4, -0.2) is 32.6 Å². The predicted octanol–water partition coefficient (Wildman–Crippen LogP) is 4.97. The summed E-state index contributed by atoms with van der Waals surface area (Å²) in [5.41, 5.74) is 4.28. The number of thioether (sulfide) groups is 1. The lowest BCUT2D eigenvalue weighted by Gasteiger charge is -2.10. The van der Waals surface area contributed by atoms with E-state index >= 15 is 0 Å². The third-order valence-electron chi connectivity index (χ3n) is 4.39. The van der Waals surface area contributed by atoms with Crippen LogP contribution in [0.4, 0.5) is 4.39 Å². The maximum atomic E-state index is 13.8. The molecule has 1 aromatic heterocycles. The van der Waals surface area contributed by atoms with Gasteiger partial charge in [0.05, 0.1) is 17.0 Å². The maximum Gasteiger partial charge on any atom is 0.250 e. The first-order chi connectivity index (χ1) is 15.6. The molecule has 160 valence electrons. The molecule has 0 unspecified atom stereocenters. The lowest BCUT2D eigenvalue weighted by molar-refractivity contribution is -0.118. The molecule has 0 fully saturated rings. The molecule has 0 saturated carbocycles. The van der Waals surface area contributed by atoms with E-state index in [9.17, 15) is 9.18 Å². The van der Waals surface area contributed by atoms with Crippen LogP contribution in [0.15, 0.2) is 89.1 Å². The molecule has 0 bridgehead atoms. The average Bonchev–Trinajstić information content (AvgIpc) is 3.25. The highest BCUT2D eigenvalue weighted by molar-refractivity contribution is 7.99. The average molecular weight is 466 g/mol. The molecule has 0 saturated heterocycles. The van der Waals surface area contributed by atoms with Crippen LogP contribution < -0.4 is 5.43 Å². The third kappa shape index (κ3) is 5.04. The van der Waals surface area contributed by atoms with E-state index in [0.29, 0.717) is 11.0 Å². The smallest absolute Gasteiger partial charge is 0.250 e. The van der Waals surface area contributed by atoms with E-state index in [1.807, 2.05) is 65.2 Å². The van der Waals surface area contributed by atoms with Crippen LogP contribution in [0.5, 0.6) is 0 Å². The number of carbonyl (C=O) groups is 1. The first kappa shape index (κ1) is 21.7. The number of para-hydroxylation sites is 1. The fourth-order valence-corrected chi connectivity index (χ4v) is 3.87. The molecule has 32 heavy (non-hydrogen) atoms. The van der Waals surface area contributed by atoms with Gasteiger partial charge in [-0.3, -0.25) is 9.36 Å². The van der Waals surface area contributed by atoms with E-state index in [4.69, 9.17) is 11.6 Å². The number of carbonyl (C=O) groups excluding carboxylic acids is 1. The molecule has 0 aliphatic rings. The summed E-state index contributed by atoms with van der Waals surface area (Å²) >= 11 is 7.17. The van der Waals surface area contributed by atoms with Gasteiger partial charge in [-0.15, -0.1) is 10.2 Å². The zero-order chi connectivity index (χ0) is 22.3. The summed E-state index contributed by atoms with van der Waals surface area (Å²) in [5, 5.41) is 13.2. The van der Waals surface area contributed by atoms with Gasteiger partial charge in [0.2, 0.25) is 0 Å². The third-order valence-corrected chi connectivity index (χ3v) is 5.65. The minimum atomic E-state index is -0.519. The number of halogens is 2. The lowest BCUT2D eigenvalue weighted by atomic mass is 10.2. The van der Waals surface area contributed by atoms with E-state index in [1.54, 1.807) is 6.07 Å². The molecule has 0 atom stereocenters. The molecule has 1 heterocycles. The molecule has 1 amide bonds. The number of hydrogen-bond acceptors (Lipinski definition) is 5. The Bertz CT molecular complexity index is 1230. The van der Waals surface area contributed by atoms with Crippen molar-refractivity contribution in [1.82, 2.24) is 20.2 Å². The van der Waals surface area contributed by atoms with Crippen LogP contribution in [0.1, 0.15) is 5.56 Å². The molecule has 1 N–H and O–H groups in total. The van der Waals surface area contributed by atoms with Gasteiger partial charge in [-0.05, 0) is 24.3 Å². The van der Waals surface area contributed by atoms with Gasteiger partial charge in [0.1, 0.15) is 5.82 Å². The van der Waals surface area contributed by atoms with E-state index < -0.39 is 5.82 Å². The Kier molecular flexibility index (Phi) is 6.94. The minimum absolute atomic E-state index is 0.0438. The van der Waals surface area contributed by atoms with Crippen LogP contribution >= 0.6 is 23.4 Å². The van der Waals surface area contributed by atoms with Gasteiger partial charge in [0, 0.05) is 16.8 Å². The molecular formula is C23H17ClFN5OS. The second-order valence-electron chi connectivity index (χ2n) is 6.56. The van der Waals surface area contributed by atoms with Gasteiger partial charge in [0.15, 0.2) is 11.0 Å². The van der Waals surface area contributed by atoms with Crippen molar-refractivity contribution in [2.75, 3.05) is 5.75 Å². The molecule has 0 aliphatic heterocycles. The van der Waals surface area contributed by atoms with Crippen LogP contribution in [0.2, 0.25) is 5.02 Å². The molecule has 3 aromatic carbocycles. The standard InChI is InChI=1S/C23H17ClFN5OS/c24-19-12-7-13-20(25)18(19)14-26-27-21(31)15-32-23-29-28-22(16-8-3-1-4-9-16)30(23)17-10-5-2-6-11-17/h1-14H,15H2,(H,27,31)/b26-14-. The number of nitrogens with zero attached hydrogens (tertiary/aromatic N) is 4. The van der Waals surface area contributed by atoms with Crippen molar-refractivity contribution in [3.05, 3.63) is 95.3 Å². The molecule has 4 aromatic rings. The molecular weight excluding hydrogens is 449 g/mol. The van der Waals surface area contributed by atoms with Crippen LogP contribution in [0, 0.1) is 5.82 Å². The van der Waals surface area contributed by atoms with E-state index in [1.165, 1.54) is 30.1 Å². The van der Waals surface area contributed by atoms with Gasteiger partial charge in [-0.2, -0.15) is 5.10 Å². The second kappa shape index (κ2) is 10.2. The maximum absolute atomic E-state index is 13.8. The first-order valence-electron chi connectivity index (χ1n) is 9.58. The van der Waals surface area contributed by atoms with E-state index in [-0.39, 0.29) is 22.2 Å². The Morgan fingerprint density at radius 1 is 1.03 bits per heavy atom. The van der Waals surface area contributed by atoms with Gasteiger partial charge in [-0.25, -0.2) is 9.82 Å². The Balaban J connectivity index is 1.49. The number of rotatable bonds is 7. The van der Waals surface area contributed by atoms with Crippen molar-refractivity contribution in [3.8, 4) is 17.1 Å². The zero-order valence-electron chi connectivity index (χ0n) is 16.7. The Morgan fingerprint density at radius 3 is 2.47 bits per heavy atom. The summed E-state index contributed by atoms with van der Waals surface area (Å²) in [7, 11) is 0. The number of nitrogens with one attached hydrogen (secondary N) is 1. The van der Waals surface area contributed by atoms with E-state index in [0.717, 1.165) is 11.3 Å². The van der Waals surface area contributed by atoms with Gasteiger partial charge >= 0.3 is 0 Å². The normalized spacial score (nSPS) is 11.1. The molecule has 4 rings (SSSR count). The predicted molar refractivity (Wildman–Crippen MR) is 125 cm³/mol. The number of hydrogen-bond donors (Lipinski definition) is 1. The number of amides is 1. The quantitative estimate of drug-likeness (QED) is 0.237. The summed E-state index contributed by atoms with van der Waals surface area (Å²) in [6.07, 6.45) is 1.18. The van der Waals surface area contributed by atoms with Gasteiger partial charge < -0.3 is 0 Å². The molecule has 0 aliphatic carbocycles. The number of hydrazone groups is 1. The van der Waals surface area contributed by atoms with Crippen molar-refractivity contribution in [2.24, 2.45) is 5.10 Å². The van der Waals surface area contributed by atoms with Crippen molar-refractivity contribution in [3.63, 3.8) is 0 Å². The molecule has 6 nitrogen and oxygen atoms in total. The van der Waals surface area contributed by atoms with Crippen LogP contribution in [0.3, 0.4) is 0 Å². The van der Waals surface area contributed by atoms with Crippen molar-refractivity contribution >= 4 is 35.5 Å². The monoisotopic (exact) mass is 465 g/mol. The SMILES string of the molecule is O=C(CSc1nnc(-c2ccccc2)n1-c1ccccc1)N/N=C\c1c(F)cccc1Cl. The number of benzene rings is 3. The summed E-state index contributed by atoms with van der Waals surface area (Å²) in [4.78, 5) is 12.3. The highest BCUT2D eigenvalue weighted by Gasteiger charge is 2.17. The van der Waals surface area contributed by atoms with Gasteiger partial charge in [-0.1, -0.05) is 78.0 Å². The molecule has 0 radical (unpaired) electrons. The van der Waals surface area contributed by atoms with E-state index in [2.05, 4.69) is 20.7 Å². The highest BCUT2D eigenvalue weighted by Crippen LogP contribution is 2.27. The van der Waals surface area contributed by atoms with Crippen molar-refractivity contribution in [1.29, 1.82) is 0 Å². The van der Waals surface area contributed by atoms with Crippen molar-refractivity contribution in [2.45, 2.75) is 5.16 Å². The zero-order valence-corrected chi connectivity index (χ0v) is 18.2. The topological polar surface area (TPSA) is 72.2 Å².